The Balaban J connectivity index is 1.76. The summed E-state index contributed by atoms with van der Waals surface area (Å²) in [6.45, 7) is 5.75. The van der Waals surface area contributed by atoms with Crippen molar-refractivity contribution in [2.45, 2.75) is 38.8 Å². The fourth-order valence-electron chi connectivity index (χ4n) is 2.20. The zero-order valence-corrected chi connectivity index (χ0v) is 11.1. The monoisotopic (exact) mass is 249 g/mol. The van der Waals surface area contributed by atoms with Crippen LogP contribution in [-0.2, 0) is 6.54 Å². The molecule has 18 heavy (non-hydrogen) atoms. The summed E-state index contributed by atoms with van der Waals surface area (Å²) in [5, 5.41) is 12.5. The number of aliphatic hydroxyl groups is 1. The van der Waals surface area contributed by atoms with E-state index < -0.39 is 0 Å². The molecule has 2 rings (SSSR count). The number of aliphatic hydroxyl groups excluding tert-OH is 1. The molecule has 0 aromatic carbocycles. The highest BCUT2D eigenvalue weighted by Crippen LogP contribution is 2.17. The van der Waals surface area contributed by atoms with E-state index in [4.69, 9.17) is 5.11 Å². The van der Waals surface area contributed by atoms with Gasteiger partial charge in [0.25, 0.3) is 0 Å². The van der Waals surface area contributed by atoms with Gasteiger partial charge in [0.15, 0.2) is 0 Å². The maximum atomic E-state index is 9.15. The van der Waals surface area contributed by atoms with E-state index in [-0.39, 0.29) is 6.10 Å². The summed E-state index contributed by atoms with van der Waals surface area (Å²) in [5.74, 6) is 1.10. The van der Waals surface area contributed by atoms with Gasteiger partial charge >= 0.3 is 0 Å². The minimum absolute atomic E-state index is 0.229. The molecule has 1 unspecified atom stereocenters. The predicted octanol–water partition coefficient (Wildman–Crippen LogP) is 1.54. The lowest BCUT2D eigenvalue weighted by Gasteiger charge is -2.16. The van der Waals surface area contributed by atoms with Crippen LogP contribution in [0, 0.1) is 0 Å². The van der Waals surface area contributed by atoms with Crippen LogP contribution in [0.2, 0.25) is 0 Å². The average Bonchev–Trinajstić information content (AvgIpc) is 2.89. The van der Waals surface area contributed by atoms with Crippen molar-refractivity contribution in [3.8, 4) is 0 Å². The second-order valence-corrected chi connectivity index (χ2v) is 5.03. The van der Waals surface area contributed by atoms with Crippen LogP contribution in [0.5, 0.6) is 0 Å². The van der Waals surface area contributed by atoms with Gasteiger partial charge in [0.05, 0.1) is 6.10 Å². The van der Waals surface area contributed by atoms with E-state index in [1.165, 1.54) is 18.4 Å². The molecule has 0 saturated carbocycles. The fourth-order valence-corrected chi connectivity index (χ4v) is 2.20. The number of pyridine rings is 1. The summed E-state index contributed by atoms with van der Waals surface area (Å²) in [5.41, 5.74) is 1.20. The number of rotatable bonds is 6. The lowest BCUT2D eigenvalue weighted by atomic mass is 10.2. The van der Waals surface area contributed by atoms with Crippen molar-refractivity contribution >= 4 is 5.82 Å². The Morgan fingerprint density at radius 1 is 1.39 bits per heavy atom. The van der Waals surface area contributed by atoms with E-state index in [0.717, 1.165) is 38.4 Å². The highest BCUT2D eigenvalue weighted by molar-refractivity contribution is 5.40. The smallest absolute Gasteiger partial charge is 0.128 e. The van der Waals surface area contributed by atoms with E-state index in [9.17, 15) is 0 Å². The SMILES string of the molecule is CC(O)CCNCc1ccc(N2CCCC2)nc1. The van der Waals surface area contributed by atoms with Crippen molar-refractivity contribution in [3.05, 3.63) is 23.9 Å². The summed E-state index contributed by atoms with van der Waals surface area (Å²) < 4.78 is 0. The third-order valence-electron chi connectivity index (χ3n) is 3.31. The number of nitrogens with zero attached hydrogens (tertiary/aromatic N) is 2. The minimum Gasteiger partial charge on any atom is -0.393 e. The number of nitrogens with one attached hydrogen (secondary N) is 1. The lowest BCUT2D eigenvalue weighted by molar-refractivity contribution is 0.183. The Hall–Kier alpha value is -1.13. The van der Waals surface area contributed by atoms with E-state index in [0.29, 0.717) is 0 Å². The zero-order chi connectivity index (χ0) is 12.8. The molecule has 2 heterocycles. The molecule has 0 bridgehead atoms. The summed E-state index contributed by atoms with van der Waals surface area (Å²) in [7, 11) is 0. The van der Waals surface area contributed by atoms with Gasteiger partial charge in [0, 0.05) is 25.8 Å². The first kappa shape index (κ1) is 13.3. The van der Waals surface area contributed by atoms with Crippen LogP contribution in [0.4, 0.5) is 5.82 Å². The normalized spacial score (nSPS) is 17.1. The van der Waals surface area contributed by atoms with Gasteiger partial charge in [0.2, 0.25) is 0 Å². The van der Waals surface area contributed by atoms with Gasteiger partial charge in [-0.2, -0.15) is 0 Å². The van der Waals surface area contributed by atoms with Crippen molar-refractivity contribution < 1.29 is 5.11 Å². The Morgan fingerprint density at radius 2 is 2.17 bits per heavy atom. The van der Waals surface area contributed by atoms with E-state index in [1.54, 1.807) is 0 Å². The van der Waals surface area contributed by atoms with Crippen LogP contribution in [-0.4, -0.2) is 35.8 Å². The van der Waals surface area contributed by atoms with E-state index in [1.807, 2.05) is 13.1 Å². The molecule has 1 saturated heterocycles. The largest absolute Gasteiger partial charge is 0.393 e. The average molecular weight is 249 g/mol. The Kier molecular flexibility index (Phi) is 4.96. The highest BCUT2D eigenvalue weighted by atomic mass is 16.3. The van der Waals surface area contributed by atoms with Crippen molar-refractivity contribution in [2.75, 3.05) is 24.5 Å². The molecular formula is C14H23N3O. The Bertz CT molecular complexity index is 345. The zero-order valence-electron chi connectivity index (χ0n) is 11.1. The van der Waals surface area contributed by atoms with Gasteiger partial charge in [-0.1, -0.05) is 6.07 Å². The topological polar surface area (TPSA) is 48.4 Å². The molecule has 0 radical (unpaired) electrons. The number of aromatic nitrogens is 1. The quantitative estimate of drug-likeness (QED) is 0.751. The van der Waals surface area contributed by atoms with Gasteiger partial charge in [0.1, 0.15) is 5.82 Å². The fraction of sp³-hybridized carbons (Fsp3) is 0.643. The molecule has 4 heteroatoms. The van der Waals surface area contributed by atoms with Gasteiger partial charge < -0.3 is 15.3 Å². The molecular weight excluding hydrogens is 226 g/mol. The summed E-state index contributed by atoms with van der Waals surface area (Å²) in [6, 6.07) is 4.24. The standard InChI is InChI=1S/C14H23N3O/c1-12(18)6-7-15-10-13-4-5-14(16-11-13)17-8-2-3-9-17/h4-5,11-12,15,18H,2-3,6-10H2,1H3. The number of anilines is 1. The molecule has 100 valence electrons. The molecule has 1 aromatic rings. The Morgan fingerprint density at radius 3 is 2.78 bits per heavy atom. The summed E-state index contributed by atoms with van der Waals surface area (Å²) in [6.07, 6.45) is 5.07. The van der Waals surface area contributed by atoms with E-state index >= 15 is 0 Å². The van der Waals surface area contributed by atoms with Crippen molar-refractivity contribution in [1.29, 1.82) is 0 Å². The maximum absolute atomic E-state index is 9.15. The van der Waals surface area contributed by atoms with Crippen LogP contribution in [0.15, 0.2) is 18.3 Å². The van der Waals surface area contributed by atoms with Crippen LogP contribution in [0.25, 0.3) is 0 Å². The first-order valence-corrected chi connectivity index (χ1v) is 6.84. The molecule has 1 aromatic heterocycles. The highest BCUT2D eigenvalue weighted by Gasteiger charge is 2.12. The summed E-state index contributed by atoms with van der Waals surface area (Å²) in [4.78, 5) is 6.85. The second-order valence-electron chi connectivity index (χ2n) is 5.03. The van der Waals surface area contributed by atoms with Crippen molar-refractivity contribution in [2.24, 2.45) is 0 Å². The molecule has 4 nitrogen and oxygen atoms in total. The molecule has 1 aliphatic heterocycles. The van der Waals surface area contributed by atoms with Gasteiger partial charge in [-0.3, -0.25) is 0 Å². The van der Waals surface area contributed by atoms with Gasteiger partial charge in [-0.15, -0.1) is 0 Å². The number of hydrogen-bond acceptors (Lipinski definition) is 4. The molecule has 0 amide bonds. The molecule has 1 fully saturated rings. The van der Waals surface area contributed by atoms with Crippen LogP contribution >= 0.6 is 0 Å². The van der Waals surface area contributed by atoms with Gasteiger partial charge in [-0.05, 0) is 44.4 Å². The molecule has 0 spiro atoms. The predicted molar refractivity (Wildman–Crippen MR) is 73.7 cm³/mol. The van der Waals surface area contributed by atoms with Crippen molar-refractivity contribution in [1.82, 2.24) is 10.3 Å². The second kappa shape index (κ2) is 6.71. The summed E-state index contributed by atoms with van der Waals surface area (Å²) >= 11 is 0. The molecule has 1 aliphatic rings. The van der Waals surface area contributed by atoms with Crippen LogP contribution in [0.3, 0.4) is 0 Å². The van der Waals surface area contributed by atoms with Crippen LogP contribution < -0.4 is 10.2 Å². The lowest BCUT2D eigenvalue weighted by Crippen LogP contribution is -2.20. The number of hydrogen-bond donors (Lipinski definition) is 2. The molecule has 2 N–H and O–H groups in total. The first-order chi connectivity index (χ1) is 8.75. The molecule has 0 aliphatic carbocycles. The third kappa shape index (κ3) is 3.96. The van der Waals surface area contributed by atoms with Crippen molar-refractivity contribution in [3.63, 3.8) is 0 Å². The minimum atomic E-state index is -0.229. The van der Waals surface area contributed by atoms with Crippen LogP contribution in [0.1, 0.15) is 31.7 Å². The molecule has 1 atom stereocenters. The van der Waals surface area contributed by atoms with Gasteiger partial charge in [-0.25, -0.2) is 4.98 Å². The Labute approximate surface area is 109 Å². The maximum Gasteiger partial charge on any atom is 0.128 e. The first-order valence-electron chi connectivity index (χ1n) is 6.84. The van der Waals surface area contributed by atoms with E-state index in [2.05, 4.69) is 27.3 Å². The third-order valence-corrected chi connectivity index (χ3v) is 3.31.